The van der Waals surface area contributed by atoms with Crippen molar-refractivity contribution in [1.29, 1.82) is 0 Å². The Morgan fingerprint density at radius 2 is 1.78 bits per heavy atom. The summed E-state index contributed by atoms with van der Waals surface area (Å²) in [4.78, 5) is 23.8. The molecule has 10 heteroatoms. The molecule has 1 atom stereocenters. The van der Waals surface area contributed by atoms with Gasteiger partial charge in [-0.25, -0.2) is 0 Å². The summed E-state index contributed by atoms with van der Waals surface area (Å²) in [5.41, 5.74) is -1.57. The molecular weight excluding hydrogens is 380 g/mol. The highest BCUT2D eigenvalue weighted by Crippen LogP contribution is 2.34. The van der Waals surface area contributed by atoms with Gasteiger partial charge in [-0.05, 0) is 48.9 Å². The number of carbonyl (C=O) groups is 2. The van der Waals surface area contributed by atoms with Crippen LogP contribution in [0.1, 0.15) is 48.3 Å². The summed E-state index contributed by atoms with van der Waals surface area (Å²) in [6.07, 6.45) is -10.1. The van der Waals surface area contributed by atoms with Gasteiger partial charge >= 0.3 is 18.3 Å². The van der Waals surface area contributed by atoms with Gasteiger partial charge in [-0.1, -0.05) is 6.07 Å². The van der Waals surface area contributed by atoms with Gasteiger partial charge in [-0.15, -0.1) is 0 Å². The van der Waals surface area contributed by atoms with Gasteiger partial charge in [0.25, 0.3) is 0 Å². The van der Waals surface area contributed by atoms with Crippen LogP contribution in [0.25, 0.3) is 0 Å². The number of aliphatic carboxylic acids is 1. The maximum absolute atomic E-state index is 12.9. The Labute approximate surface area is 150 Å². The number of rotatable bonds is 7. The lowest BCUT2D eigenvalue weighted by atomic mass is 9.89. The third kappa shape index (κ3) is 6.14. The minimum Gasteiger partial charge on any atom is -0.480 e. The Balaban J connectivity index is 2.35. The Kier molecular flexibility index (Phi) is 6.06. The summed E-state index contributed by atoms with van der Waals surface area (Å²) in [5.74, 6) is -4.25. The van der Waals surface area contributed by atoms with Crippen molar-refractivity contribution in [1.82, 2.24) is 5.32 Å². The molecule has 27 heavy (non-hydrogen) atoms. The van der Waals surface area contributed by atoms with Gasteiger partial charge in [0, 0.05) is 12.5 Å². The number of halogens is 6. The lowest BCUT2D eigenvalue weighted by Crippen LogP contribution is -2.35. The molecule has 0 aliphatic heterocycles. The van der Waals surface area contributed by atoms with E-state index in [1.165, 1.54) is 0 Å². The quantitative estimate of drug-likeness (QED) is 0.539. The number of nitrogens with one attached hydrogen (secondary N) is 1. The first-order valence-electron chi connectivity index (χ1n) is 8.18. The SMILES string of the molecule is O=C(O)C(C(=O)NC1CC1)c1ccc(C(F)(F)F)cc1CCCC(F)(F)F. The molecule has 1 aromatic carbocycles. The standard InChI is InChI=1S/C17H17F6NO3/c18-16(19,20)7-1-2-9-8-10(17(21,22)23)3-6-12(9)13(15(26)27)14(25)24-11-4-5-11/h3,6,8,11,13H,1-2,4-5,7H2,(H,24,25)(H,26,27). The summed E-state index contributed by atoms with van der Waals surface area (Å²) < 4.78 is 75.9. The van der Waals surface area contributed by atoms with Crippen molar-refractivity contribution in [3.8, 4) is 0 Å². The third-order valence-electron chi connectivity index (χ3n) is 4.12. The average Bonchev–Trinajstić information content (AvgIpc) is 3.29. The fraction of sp³-hybridized carbons (Fsp3) is 0.529. The van der Waals surface area contributed by atoms with E-state index in [1.807, 2.05) is 0 Å². The van der Waals surface area contributed by atoms with Crippen LogP contribution in [0.2, 0.25) is 0 Å². The molecule has 150 valence electrons. The zero-order valence-electron chi connectivity index (χ0n) is 14.0. The Morgan fingerprint density at radius 3 is 2.26 bits per heavy atom. The fourth-order valence-corrected chi connectivity index (χ4v) is 2.66. The molecule has 4 nitrogen and oxygen atoms in total. The Morgan fingerprint density at radius 1 is 1.15 bits per heavy atom. The van der Waals surface area contributed by atoms with Gasteiger partial charge in [-0.2, -0.15) is 26.3 Å². The second-order valence-corrected chi connectivity index (χ2v) is 6.43. The molecule has 0 spiro atoms. The number of hydrogen-bond acceptors (Lipinski definition) is 2. The number of hydrogen-bond donors (Lipinski definition) is 2. The smallest absolute Gasteiger partial charge is 0.416 e. The zero-order valence-corrected chi connectivity index (χ0v) is 14.0. The summed E-state index contributed by atoms with van der Waals surface area (Å²) in [5, 5.41) is 11.8. The van der Waals surface area contributed by atoms with Crippen molar-refractivity contribution in [2.45, 2.75) is 56.4 Å². The van der Waals surface area contributed by atoms with Crippen LogP contribution in [-0.4, -0.2) is 29.2 Å². The van der Waals surface area contributed by atoms with Crippen LogP contribution in [0.15, 0.2) is 18.2 Å². The van der Waals surface area contributed by atoms with E-state index in [4.69, 9.17) is 0 Å². The van der Waals surface area contributed by atoms with E-state index in [0.717, 1.165) is 6.07 Å². The number of carboxylic acid groups (broad SMARTS) is 1. The van der Waals surface area contributed by atoms with Crippen LogP contribution < -0.4 is 5.32 Å². The van der Waals surface area contributed by atoms with Gasteiger partial charge < -0.3 is 10.4 Å². The van der Waals surface area contributed by atoms with Crippen LogP contribution in [0, 0.1) is 0 Å². The average molecular weight is 397 g/mol. The number of carboxylic acids is 1. The zero-order chi connectivity index (χ0) is 20.4. The van der Waals surface area contributed by atoms with Gasteiger partial charge in [0.2, 0.25) is 5.91 Å². The summed E-state index contributed by atoms with van der Waals surface area (Å²) in [6.45, 7) is 0. The van der Waals surface area contributed by atoms with Crippen molar-refractivity contribution in [3.63, 3.8) is 0 Å². The van der Waals surface area contributed by atoms with Gasteiger partial charge in [0.15, 0.2) is 5.92 Å². The first-order valence-corrected chi connectivity index (χ1v) is 8.18. The first kappa shape index (κ1) is 21.0. The fourth-order valence-electron chi connectivity index (χ4n) is 2.66. The minimum absolute atomic E-state index is 0.178. The number of alkyl halides is 6. The van der Waals surface area contributed by atoms with Crippen LogP contribution in [-0.2, 0) is 22.2 Å². The highest BCUT2D eigenvalue weighted by molar-refractivity contribution is 6.03. The third-order valence-corrected chi connectivity index (χ3v) is 4.12. The molecule has 0 bridgehead atoms. The topological polar surface area (TPSA) is 66.4 Å². The van der Waals surface area contributed by atoms with E-state index in [1.54, 1.807) is 0 Å². The van der Waals surface area contributed by atoms with Crippen molar-refractivity contribution in [3.05, 3.63) is 34.9 Å². The number of carbonyl (C=O) groups excluding carboxylic acids is 1. The lowest BCUT2D eigenvalue weighted by Gasteiger charge is -2.19. The van der Waals surface area contributed by atoms with Gasteiger partial charge in [0.05, 0.1) is 5.56 Å². The molecule has 2 N–H and O–H groups in total. The van der Waals surface area contributed by atoms with E-state index in [2.05, 4.69) is 5.32 Å². The molecule has 1 aromatic rings. The van der Waals surface area contributed by atoms with E-state index in [0.29, 0.717) is 25.0 Å². The van der Waals surface area contributed by atoms with Crippen molar-refractivity contribution in [2.24, 2.45) is 0 Å². The second-order valence-electron chi connectivity index (χ2n) is 6.43. The normalized spacial score (nSPS) is 16.1. The molecule has 2 rings (SSSR count). The van der Waals surface area contributed by atoms with E-state index >= 15 is 0 Å². The minimum atomic E-state index is -4.74. The predicted molar refractivity (Wildman–Crippen MR) is 82.0 cm³/mol. The van der Waals surface area contributed by atoms with Crippen molar-refractivity contribution in [2.75, 3.05) is 0 Å². The second kappa shape index (κ2) is 7.77. The molecule has 0 saturated heterocycles. The highest BCUT2D eigenvalue weighted by Gasteiger charge is 2.36. The molecule has 1 unspecified atom stereocenters. The van der Waals surface area contributed by atoms with Gasteiger partial charge in [0.1, 0.15) is 0 Å². The summed E-state index contributed by atoms with van der Waals surface area (Å²) in [6, 6.07) is 1.92. The molecule has 0 radical (unpaired) electrons. The largest absolute Gasteiger partial charge is 0.480 e. The Hall–Kier alpha value is -2.26. The molecule has 1 amide bonds. The van der Waals surface area contributed by atoms with Crippen molar-refractivity contribution < 1.29 is 41.0 Å². The molecular formula is C17H17F6NO3. The number of benzene rings is 1. The first-order chi connectivity index (χ1) is 12.4. The van der Waals surface area contributed by atoms with Crippen LogP contribution >= 0.6 is 0 Å². The number of aryl methyl sites for hydroxylation is 1. The summed E-state index contributed by atoms with van der Waals surface area (Å²) in [7, 11) is 0. The van der Waals surface area contributed by atoms with Crippen LogP contribution in [0.3, 0.4) is 0 Å². The predicted octanol–water partition coefficient (Wildman–Crippen LogP) is 4.04. The lowest BCUT2D eigenvalue weighted by molar-refractivity contribution is -0.143. The maximum atomic E-state index is 12.9. The summed E-state index contributed by atoms with van der Waals surface area (Å²) >= 11 is 0. The number of amides is 1. The Bertz CT molecular complexity index is 710. The molecule has 1 aliphatic rings. The van der Waals surface area contributed by atoms with E-state index in [9.17, 15) is 41.0 Å². The monoisotopic (exact) mass is 397 g/mol. The molecule has 1 aliphatic carbocycles. The van der Waals surface area contributed by atoms with Crippen molar-refractivity contribution >= 4 is 11.9 Å². The maximum Gasteiger partial charge on any atom is 0.416 e. The molecule has 1 fully saturated rings. The van der Waals surface area contributed by atoms with E-state index < -0.39 is 55.0 Å². The van der Waals surface area contributed by atoms with E-state index in [-0.39, 0.29) is 17.2 Å². The molecule has 0 aromatic heterocycles. The molecule has 1 saturated carbocycles. The molecule has 0 heterocycles. The van der Waals surface area contributed by atoms with Crippen LogP contribution in [0.5, 0.6) is 0 Å². The van der Waals surface area contributed by atoms with Gasteiger partial charge in [-0.3, -0.25) is 9.59 Å². The van der Waals surface area contributed by atoms with Crippen LogP contribution in [0.4, 0.5) is 26.3 Å². The highest BCUT2D eigenvalue weighted by atomic mass is 19.4.